The summed E-state index contributed by atoms with van der Waals surface area (Å²) in [6.45, 7) is 2.29. The average molecular weight is 275 g/mol. The average Bonchev–Trinajstić information content (AvgIpc) is 2.96. The van der Waals surface area contributed by atoms with Crippen LogP contribution in [-0.2, 0) is 14.3 Å². The number of ether oxygens (including phenoxy) is 1. The number of esters is 1. The van der Waals surface area contributed by atoms with Gasteiger partial charge in [0.1, 0.15) is 6.04 Å². The Hall–Kier alpha value is -2.17. The second-order valence-electron chi connectivity index (χ2n) is 4.61. The van der Waals surface area contributed by atoms with Gasteiger partial charge >= 0.3 is 5.97 Å². The lowest BCUT2D eigenvalue weighted by molar-refractivity contribution is -0.155. The number of amides is 1. The minimum absolute atomic E-state index is 0.157. The number of hydrogen-bond donors (Lipinski definition) is 0. The van der Waals surface area contributed by atoms with Gasteiger partial charge in [0, 0.05) is 12.1 Å². The summed E-state index contributed by atoms with van der Waals surface area (Å²) >= 11 is 0. The molecule has 1 aliphatic rings. The van der Waals surface area contributed by atoms with Crippen LogP contribution in [0.5, 0.6) is 0 Å². The van der Waals surface area contributed by atoms with Crippen molar-refractivity contribution >= 4 is 17.7 Å². The highest BCUT2D eigenvalue weighted by molar-refractivity contribution is 6.36. The quantitative estimate of drug-likeness (QED) is 0.616. The molecule has 0 spiro atoms. The number of carbonyl (C=O) groups excluding carboxylic acids is 3. The largest absolute Gasteiger partial charge is 0.460 e. The molecule has 0 unspecified atom stereocenters. The van der Waals surface area contributed by atoms with Gasteiger partial charge in [0.25, 0.3) is 11.7 Å². The van der Waals surface area contributed by atoms with Gasteiger partial charge in [0.15, 0.2) is 0 Å². The third-order valence-corrected chi connectivity index (χ3v) is 3.31. The zero-order valence-electron chi connectivity index (χ0n) is 11.4. The standard InChI is InChI=1S/C15H17NO4/c1-2-20-15(19)13(17)12-9-6-10-16(12)14(18)11-7-4-3-5-8-11/h3-5,7-8,12H,2,6,9-10H2,1H3/t12-/m0/s1. The Morgan fingerprint density at radius 2 is 1.95 bits per heavy atom. The van der Waals surface area contributed by atoms with E-state index in [-0.39, 0.29) is 12.5 Å². The molecule has 1 aliphatic heterocycles. The maximum atomic E-state index is 12.4. The van der Waals surface area contributed by atoms with Crippen molar-refractivity contribution in [3.05, 3.63) is 35.9 Å². The predicted octanol–water partition coefficient (Wildman–Crippen LogP) is 1.42. The second kappa shape index (κ2) is 6.32. The Morgan fingerprint density at radius 3 is 2.60 bits per heavy atom. The second-order valence-corrected chi connectivity index (χ2v) is 4.61. The fourth-order valence-electron chi connectivity index (χ4n) is 2.37. The van der Waals surface area contributed by atoms with Crippen LogP contribution in [0.4, 0.5) is 0 Å². The first-order valence-electron chi connectivity index (χ1n) is 6.72. The lowest BCUT2D eigenvalue weighted by Gasteiger charge is -2.22. The van der Waals surface area contributed by atoms with E-state index >= 15 is 0 Å². The smallest absolute Gasteiger partial charge is 0.376 e. The SMILES string of the molecule is CCOC(=O)C(=O)[C@@H]1CCCN1C(=O)c1ccccc1. The molecule has 5 nitrogen and oxygen atoms in total. The van der Waals surface area contributed by atoms with Crippen LogP contribution in [0.15, 0.2) is 30.3 Å². The Bertz CT molecular complexity index is 512. The number of hydrogen-bond acceptors (Lipinski definition) is 4. The molecule has 20 heavy (non-hydrogen) atoms. The normalized spacial score (nSPS) is 17.9. The number of Topliss-reactive ketones (excluding diaryl/α,β-unsaturated/α-hetero) is 1. The number of benzene rings is 1. The van der Waals surface area contributed by atoms with Gasteiger partial charge in [-0.05, 0) is 31.9 Å². The predicted molar refractivity (Wildman–Crippen MR) is 72.1 cm³/mol. The van der Waals surface area contributed by atoms with Gasteiger partial charge in [-0.1, -0.05) is 18.2 Å². The summed E-state index contributed by atoms with van der Waals surface area (Å²) in [6, 6.07) is 8.07. The van der Waals surface area contributed by atoms with Gasteiger partial charge in [-0.3, -0.25) is 9.59 Å². The number of ketones is 1. The summed E-state index contributed by atoms with van der Waals surface area (Å²) in [5.41, 5.74) is 0.524. The summed E-state index contributed by atoms with van der Waals surface area (Å²) in [4.78, 5) is 37.4. The van der Waals surface area contributed by atoms with Crippen LogP contribution in [0.25, 0.3) is 0 Å². The van der Waals surface area contributed by atoms with E-state index in [0.29, 0.717) is 24.9 Å². The van der Waals surface area contributed by atoms with E-state index in [4.69, 9.17) is 4.74 Å². The van der Waals surface area contributed by atoms with Gasteiger partial charge in [-0.15, -0.1) is 0 Å². The van der Waals surface area contributed by atoms with E-state index in [2.05, 4.69) is 0 Å². The van der Waals surface area contributed by atoms with Crippen molar-refractivity contribution in [3.63, 3.8) is 0 Å². The van der Waals surface area contributed by atoms with E-state index in [1.54, 1.807) is 31.2 Å². The lowest BCUT2D eigenvalue weighted by atomic mass is 10.1. The van der Waals surface area contributed by atoms with Crippen molar-refractivity contribution in [2.24, 2.45) is 0 Å². The molecule has 1 aromatic rings. The number of carbonyl (C=O) groups is 3. The first-order valence-corrected chi connectivity index (χ1v) is 6.72. The van der Waals surface area contributed by atoms with Crippen LogP contribution in [0.2, 0.25) is 0 Å². The van der Waals surface area contributed by atoms with Crippen LogP contribution >= 0.6 is 0 Å². The van der Waals surface area contributed by atoms with Gasteiger partial charge in [-0.25, -0.2) is 4.79 Å². The Balaban J connectivity index is 2.13. The van der Waals surface area contributed by atoms with E-state index in [1.807, 2.05) is 6.07 Å². The Labute approximate surface area is 117 Å². The van der Waals surface area contributed by atoms with Gasteiger partial charge in [0.2, 0.25) is 0 Å². The topological polar surface area (TPSA) is 63.7 Å². The van der Waals surface area contributed by atoms with Gasteiger partial charge < -0.3 is 9.64 Å². The molecule has 0 aromatic heterocycles. The molecule has 2 rings (SSSR count). The molecule has 0 bridgehead atoms. The van der Waals surface area contributed by atoms with Crippen molar-refractivity contribution in [2.75, 3.05) is 13.2 Å². The summed E-state index contributed by atoms with van der Waals surface area (Å²) in [5, 5.41) is 0. The van der Waals surface area contributed by atoms with Crippen LogP contribution in [0, 0.1) is 0 Å². The summed E-state index contributed by atoms with van der Waals surface area (Å²) < 4.78 is 4.72. The molecule has 0 aliphatic carbocycles. The highest BCUT2D eigenvalue weighted by Gasteiger charge is 2.38. The minimum Gasteiger partial charge on any atom is -0.460 e. The third-order valence-electron chi connectivity index (χ3n) is 3.31. The van der Waals surface area contributed by atoms with Crippen LogP contribution in [0.3, 0.4) is 0 Å². The number of likely N-dealkylation sites (tertiary alicyclic amines) is 1. The molecule has 1 saturated heterocycles. The van der Waals surface area contributed by atoms with Gasteiger partial charge in [-0.2, -0.15) is 0 Å². The molecular formula is C15H17NO4. The summed E-state index contributed by atoms with van der Waals surface area (Å²) in [6.07, 6.45) is 1.23. The Kier molecular flexibility index (Phi) is 4.50. The van der Waals surface area contributed by atoms with Crippen molar-refractivity contribution < 1.29 is 19.1 Å². The van der Waals surface area contributed by atoms with E-state index in [0.717, 1.165) is 0 Å². The highest BCUT2D eigenvalue weighted by Crippen LogP contribution is 2.21. The van der Waals surface area contributed by atoms with Crippen molar-refractivity contribution in [3.8, 4) is 0 Å². The first-order chi connectivity index (χ1) is 9.65. The van der Waals surface area contributed by atoms with Crippen molar-refractivity contribution in [1.29, 1.82) is 0 Å². The molecule has 5 heteroatoms. The zero-order chi connectivity index (χ0) is 14.5. The van der Waals surface area contributed by atoms with E-state index in [1.165, 1.54) is 4.90 Å². The minimum atomic E-state index is -0.856. The van der Waals surface area contributed by atoms with Crippen LogP contribution < -0.4 is 0 Å². The molecule has 106 valence electrons. The Morgan fingerprint density at radius 1 is 1.25 bits per heavy atom. The molecule has 1 aromatic carbocycles. The van der Waals surface area contributed by atoms with E-state index in [9.17, 15) is 14.4 Å². The summed E-state index contributed by atoms with van der Waals surface area (Å²) in [7, 11) is 0. The number of rotatable bonds is 4. The van der Waals surface area contributed by atoms with Crippen molar-refractivity contribution in [2.45, 2.75) is 25.8 Å². The first kappa shape index (κ1) is 14.2. The highest BCUT2D eigenvalue weighted by atomic mass is 16.5. The van der Waals surface area contributed by atoms with E-state index < -0.39 is 17.8 Å². The fourth-order valence-corrected chi connectivity index (χ4v) is 2.37. The molecule has 0 N–H and O–H groups in total. The van der Waals surface area contributed by atoms with Gasteiger partial charge in [0.05, 0.1) is 6.61 Å². The molecule has 1 amide bonds. The third kappa shape index (κ3) is 2.87. The lowest BCUT2D eigenvalue weighted by Crippen LogP contribution is -2.43. The maximum absolute atomic E-state index is 12.4. The van der Waals surface area contributed by atoms with Crippen LogP contribution in [0.1, 0.15) is 30.1 Å². The molecule has 1 atom stereocenters. The maximum Gasteiger partial charge on any atom is 0.376 e. The molecule has 0 saturated carbocycles. The molecule has 0 radical (unpaired) electrons. The monoisotopic (exact) mass is 275 g/mol. The number of nitrogens with zero attached hydrogens (tertiary/aromatic N) is 1. The van der Waals surface area contributed by atoms with Crippen LogP contribution in [-0.4, -0.2) is 41.8 Å². The molecule has 1 fully saturated rings. The zero-order valence-corrected chi connectivity index (χ0v) is 11.4. The molecular weight excluding hydrogens is 258 g/mol. The fraction of sp³-hybridized carbons (Fsp3) is 0.400. The summed E-state index contributed by atoms with van der Waals surface area (Å²) in [5.74, 6) is -1.70. The molecule has 1 heterocycles. The van der Waals surface area contributed by atoms with Crippen molar-refractivity contribution in [1.82, 2.24) is 4.90 Å².